The lowest BCUT2D eigenvalue weighted by Gasteiger charge is -2.18. The van der Waals surface area contributed by atoms with E-state index in [1.165, 1.54) is 0 Å². The Hall–Kier alpha value is -1.83. The third kappa shape index (κ3) is 5.58. The lowest BCUT2D eigenvalue weighted by Crippen LogP contribution is -2.28. The first kappa shape index (κ1) is 17.2. The highest BCUT2D eigenvalue weighted by atomic mass is 16.2. The van der Waals surface area contributed by atoms with E-state index < -0.39 is 0 Å². The first-order chi connectivity index (χ1) is 10.1. The van der Waals surface area contributed by atoms with Crippen molar-refractivity contribution in [2.45, 2.75) is 26.2 Å². The number of benzene rings is 1. The molecule has 0 fully saturated rings. The van der Waals surface area contributed by atoms with Crippen LogP contribution in [-0.4, -0.2) is 42.7 Å². The van der Waals surface area contributed by atoms with E-state index in [1.807, 2.05) is 25.1 Å². The predicted octanol–water partition coefficient (Wildman–Crippen LogP) is 1.54. The molecule has 1 amide bonds. The first-order valence-electron chi connectivity index (χ1n) is 7.26. The largest absolute Gasteiger partial charge is 0.396 e. The minimum atomic E-state index is -0.0275. The van der Waals surface area contributed by atoms with Crippen molar-refractivity contribution in [3.63, 3.8) is 0 Å². The summed E-state index contributed by atoms with van der Waals surface area (Å²) in [5, 5.41) is 8.76. The van der Waals surface area contributed by atoms with Gasteiger partial charge in [-0.1, -0.05) is 17.9 Å². The maximum atomic E-state index is 12.5. The van der Waals surface area contributed by atoms with E-state index in [0.717, 1.165) is 30.4 Å². The molecule has 1 aromatic rings. The van der Waals surface area contributed by atoms with Crippen molar-refractivity contribution in [1.82, 2.24) is 4.90 Å². The summed E-state index contributed by atoms with van der Waals surface area (Å²) in [6.45, 7) is 3.13. The van der Waals surface area contributed by atoms with E-state index in [4.69, 9.17) is 10.8 Å². The maximum Gasteiger partial charge on any atom is 0.254 e. The van der Waals surface area contributed by atoms with Gasteiger partial charge in [0.15, 0.2) is 0 Å². The predicted molar refractivity (Wildman–Crippen MR) is 85.0 cm³/mol. The van der Waals surface area contributed by atoms with Crippen molar-refractivity contribution in [3.05, 3.63) is 34.9 Å². The van der Waals surface area contributed by atoms with E-state index in [2.05, 4.69) is 11.8 Å². The Morgan fingerprint density at radius 2 is 2.10 bits per heavy atom. The van der Waals surface area contributed by atoms with Crippen molar-refractivity contribution < 1.29 is 9.90 Å². The SMILES string of the molecule is Cc1ccc(C(=O)N(C)CCCCCO)c(C#CCN)c1. The van der Waals surface area contributed by atoms with Crippen LogP contribution in [0.4, 0.5) is 0 Å². The van der Waals surface area contributed by atoms with Crippen LogP contribution in [-0.2, 0) is 0 Å². The van der Waals surface area contributed by atoms with Gasteiger partial charge >= 0.3 is 0 Å². The molecule has 114 valence electrons. The minimum Gasteiger partial charge on any atom is -0.396 e. The van der Waals surface area contributed by atoms with Gasteiger partial charge in [0.05, 0.1) is 12.1 Å². The number of nitrogens with two attached hydrogens (primary N) is 1. The number of aliphatic hydroxyl groups is 1. The van der Waals surface area contributed by atoms with E-state index >= 15 is 0 Å². The Kier molecular flexibility index (Phi) is 7.52. The molecule has 0 saturated heterocycles. The van der Waals surface area contributed by atoms with Crippen LogP contribution >= 0.6 is 0 Å². The summed E-state index contributed by atoms with van der Waals surface area (Å²) < 4.78 is 0. The van der Waals surface area contributed by atoms with Gasteiger partial charge in [0.1, 0.15) is 0 Å². The fraction of sp³-hybridized carbons (Fsp3) is 0.471. The lowest BCUT2D eigenvalue weighted by atomic mass is 10.0. The Morgan fingerprint density at radius 3 is 2.76 bits per heavy atom. The number of hydrogen-bond acceptors (Lipinski definition) is 3. The monoisotopic (exact) mass is 288 g/mol. The number of hydrogen-bond donors (Lipinski definition) is 2. The number of carbonyl (C=O) groups is 1. The quantitative estimate of drug-likeness (QED) is 0.616. The van der Waals surface area contributed by atoms with Crippen molar-refractivity contribution in [3.8, 4) is 11.8 Å². The van der Waals surface area contributed by atoms with Gasteiger partial charge in [0.25, 0.3) is 5.91 Å². The zero-order valence-corrected chi connectivity index (χ0v) is 12.9. The molecule has 0 aromatic heterocycles. The number of aryl methyl sites for hydroxylation is 1. The second kappa shape index (κ2) is 9.17. The Morgan fingerprint density at radius 1 is 1.33 bits per heavy atom. The third-order valence-electron chi connectivity index (χ3n) is 3.23. The summed E-state index contributed by atoms with van der Waals surface area (Å²) in [6.07, 6.45) is 2.58. The molecule has 0 aliphatic rings. The molecule has 0 aliphatic heterocycles. The molecule has 0 radical (unpaired) electrons. The molecule has 0 heterocycles. The second-order valence-electron chi connectivity index (χ2n) is 5.07. The number of aliphatic hydroxyl groups excluding tert-OH is 1. The molecule has 21 heavy (non-hydrogen) atoms. The normalized spacial score (nSPS) is 9.90. The average Bonchev–Trinajstić information content (AvgIpc) is 2.48. The number of nitrogens with zero attached hydrogens (tertiary/aromatic N) is 1. The number of carbonyl (C=O) groups excluding carboxylic acids is 1. The molecular weight excluding hydrogens is 264 g/mol. The Balaban J connectivity index is 2.81. The van der Waals surface area contributed by atoms with Gasteiger partial charge in [-0.3, -0.25) is 4.79 Å². The van der Waals surface area contributed by atoms with Gasteiger partial charge in [-0.25, -0.2) is 0 Å². The standard InChI is InChI=1S/C17H24N2O2/c1-14-8-9-16(15(13-14)7-6-10-18)17(21)19(2)11-4-3-5-12-20/h8-9,13,20H,3-5,10-12,18H2,1-2H3. The van der Waals surface area contributed by atoms with Crippen molar-refractivity contribution in [1.29, 1.82) is 0 Å². The van der Waals surface area contributed by atoms with Gasteiger partial charge < -0.3 is 15.7 Å². The van der Waals surface area contributed by atoms with Gasteiger partial charge in [-0.2, -0.15) is 0 Å². The van der Waals surface area contributed by atoms with Crippen LogP contribution in [0.15, 0.2) is 18.2 Å². The Labute approximate surface area is 127 Å². The topological polar surface area (TPSA) is 66.6 Å². The zero-order chi connectivity index (χ0) is 15.7. The summed E-state index contributed by atoms with van der Waals surface area (Å²) in [5.74, 6) is 5.75. The number of rotatable bonds is 6. The molecule has 4 heteroatoms. The molecule has 0 unspecified atom stereocenters. The molecule has 0 aliphatic carbocycles. The van der Waals surface area contributed by atoms with Gasteiger partial charge in [-0.15, -0.1) is 0 Å². The van der Waals surface area contributed by atoms with Crippen LogP contribution in [0.25, 0.3) is 0 Å². The Bertz CT molecular complexity index is 529. The summed E-state index contributed by atoms with van der Waals surface area (Å²) in [4.78, 5) is 14.2. The van der Waals surface area contributed by atoms with Crippen LogP contribution in [0.3, 0.4) is 0 Å². The third-order valence-corrected chi connectivity index (χ3v) is 3.23. The van der Waals surface area contributed by atoms with Crippen LogP contribution in [0.5, 0.6) is 0 Å². The number of unbranched alkanes of at least 4 members (excludes halogenated alkanes) is 2. The van der Waals surface area contributed by atoms with E-state index in [9.17, 15) is 4.79 Å². The molecule has 4 nitrogen and oxygen atoms in total. The van der Waals surface area contributed by atoms with Gasteiger partial charge in [0, 0.05) is 25.8 Å². The molecular formula is C17H24N2O2. The first-order valence-corrected chi connectivity index (χ1v) is 7.26. The van der Waals surface area contributed by atoms with Crippen molar-refractivity contribution in [2.75, 3.05) is 26.7 Å². The van der Waals surface area contributed by atoms with E-state index in [1.54, 1.807) is 11.9 Å². The summed E-state index contributed by atoms with van der Waals surface area (Å²) in [7, 11) is 1.79. The number of amides is 1. The van der Waals surface area contributed by atoms with Crippen LogP contribution < -0.4 is 5.73 Å². The smallest absolute Gasteiger partial charge is 0.254 e. The molecule has 0 bridgehead atoms. The summed E-state index contributed by atoms with van der Waals surface area (Å²) in [6, 6.07) is 5.65. The van der Waals surface area contributed by atoms with Crippen molar-refractivity contribution >= 4 is 5.91 Å². The highest BCUT2D eigenvalue weighted by Crippen LogP contribution is 2.13. The van der Waals surface area contributed by atoms with Gasteiger partial charge in [0.2, 0.25) is 0 Å². The molecule has 0 atom stereocenters. The maximum absolute atomic E-state index is 12.5. The van der Waals surface area contributed by atoms with Crippen LogP contribution in [0, 0.1) is 18.8 Å². The van der Waals surface area contributed by atoms with E-state index in [0.29, 0.717) is 12.1 Å². The minimum absolute atomic E-state index is 0.0275. The molecule has 1 rings (SSSR count). The zero-order valence-electron chi connectivity index (χ0n) is 12.9. The second-order valence-corrected chi connectivity index (χ2v) is 5.07. The molecule has 1 aromatic carbocycles. The average molecular weight is 288 g/mol. The summed E-state index contributed by atoms with van der Waals surface area (Å²) in [5.41, 5.74) is 7.82. The van der Waals surface area contributed by atoms with Crippen LogP contribution in [0.1, 0.15) is 40.7 Å². The summed E-state index contributed by atoms with van der Waals surface area (Å²) >= 11 is 0. The molecule has 0 spiro atoms. The highest BCUT2D eigenvalue weighted by molar-refractivity contribution is 5.96. The molecule has 3 N–H and O–H groups in total. The van der Waals surface area contributed by atoms with Gasteiger partial charge in [-0.05, 0) is 43.9 Å². The van der Waals surface area contributed by atoms with Crippen molar-refractivity contribution in [2.24, 2.45) is 5.73 Å². The van der Waals surface area contributed by atoms with E-state index in [-0.39, 0.29) is 19.1 Å². The lowest BCUT2D eigenvalue weighted by molar-refractivity contribution is 0.0792. The highest BCUT2D eigenvalue weighted by Gasteiger charge is 2.14. The molecule has 0 saturated carbocycles. The fourth-order valence-electron chi connectivity index (χ4n) is 2.04. The fourth-order valence-corrected chi connectivity index (χ4v) is 2.04. The van der Waals surface area contributed by atoms with Crippen LogP contribution in [0.2, 0.25) is 0 Å².